The molecule has 0 saturated carbocycles. The molecule has 3 rings (SSSR count). The number of carbonyl (C=O) groups is 1. The maximum atomic E-state index is 12.3. The van der Waals surface area contributed by atoms with Gasteiger partial charge < -0.3 is 10.1 Å². The lowest BCUT2D eigenvalue weighted by atomic mass is 10.1. The first kappa shape index (κ1) is 14.2. The Morgan fingerprint density at radius 2 is 2.00 bits per heavy atom. The van der Waals surface area contributed by atoms with E-state index in [0.717, 1.165) is 16.5 Å². The number of ether oxygens (including phenoxy) is 1. The zero-order chi connectivity index (χ0) is 15.4. The molecule has 22 heavy (non-hydrogen) atoms. The van der Waals surface area contributed by atoms with Gasteiger partial charge in [0.1, 0.15) is 0 Å². The number of pyridine rings is 1. The number of aromatic nitrogens is 1. The minimum atomic E-state index is -0.157. The first-order valence-corrected chi connectivity index (χ1v) is 7.00. The summed E-state index contributed by atoms with van der Waals surface area (Å²) in [6.45, 7) is 0.485. The van der Waals surface area contributed by atoms with Crippen molar-refractivity contribution in [2.45, 2.75) is 6.61 Å². The van der Waals surface area contributed by atoms with Gasteiger partial charge in [0, 0.05) is 18.1 Å². The van der Waals surface area contributed by atoms with Gasteiger partial charge in [-0.3, -0.25) is 9.78 Å². The van der Waals surface area contributed by atoms with Gasteiger partial charge in [0.2, 0.25) is 0 Å². The van der Waals surface area contributed by atoms with Crippen molar-refractivity contribution < 1.29 is 9.53 Å². The molecule has 1 N–H and O–H groups in total. The van der Waals surface area contributed by atoms with Crippen LogP contribution < -0.4 is 5.32 Å². The standard InChI is InChI=1S/C18H16N2O2/c1-22-12-13-5-4-7-15(9-13)18(21)20-16-10-14-6-2-3-8-17(14)19-11-16/h2-11H,12H2,1H3,(H,20,21). The third-order valence-corrected chi connectivity index (χ3v) is 3.35. The number of methoxy groups -OCH3 is 1. The molecular formula is C18H16N2O2. The first-order chi connectivity index (χ1) is 10.8. The quantitative estimate of drug-likeness (QED) is 0.799. The summed E-state index contributed by atoms with van der Waals surface area (Å²) in [4.78, 5) is 16.7. The lowest BCUT2D eigenvalue weighted by molar-refractivity contribution is 0.102. The Labute approximate surface area is 128 Å². The molecule has 0 radical (unpaired) electrons. The summed E-state index contributed by atoms with van der Waals surface area (Å²) in [7, 11) is 1.63. The Kier molecular flexibility index (Phi) is 4.12. The van der Waals surface area contributed by atoms with Crippen LogP contribution in [0.4, 0.5) is 5.69 Å². The first-order valence-electron chi connectivity index (χ1n) is 7.00. The highest BCUT2D eigenvalue weighted by Gasteiger charge is 2.07. The fourth-order valence-electron chi connectivity index (χ4n) is 2.31. The summed E-state index contributed by atoms with van der Waals surface area (Å²) in [6.07, 6.45) is 1.67. The van der Waals surface area contributed by atoms with E-state index in [1.165, 1.54) is 0 Å². The van der Waals surface area contributed by atoms with Crippen LogP contribution in [0.5, 0.6) is 0 Å². The maximum Gasteiger partial charge on any atom is 0.255 e. The van der Waals surface area contributed by atoms with E-state index >= 15 is 0 Å². The SMILES string of the molecule is COCc1cccc(C(=O)Nc2cnc3ccccc3c2)c1. The largest absolute Gasteiger partial charge is 0.380 e. The van der Waals surface area contributed by atoms with Crippen LogP contribution >= 0.6 is 0 Å². The molecular weight excluding hydrogens is 276 g/mol. The monoisotopic (exact) mass is 292 g/mol. The number of para-hydroxylation sites is 1. The minimum Gasteiger partial charge on any atom is -0.380 e. The van der Waals surface area contributed by atoms with E-state index in [-0.39, 0.29) is 5.91 Å². The van der Waals surface area contributed by atoms with Gasteiger partial charge in [-0.25, -0.2) is 0 Å². The highest BCUT2D eigenvalue weighted by molar-refractivity contribution is 6.05. The number of nitrogens with zero attached hydrogens (tertiary/aromatic N) is 1. The van der Waals surface area contributed by atoms with E-state index in [0.29, 0.717) is 17.9 Å². The second-order valence-electron chi connectivity index (χ2n) is 5.00. The van der Waals surface area contributed by atoms with Crippen molar-refractivity contribution in [3.8, 4) is 0 Å². The van der Waals surface area contributed by atoms with Crippen LogP contribution in [0.3, 0.4) is 0 Å². The van der Waals surface area contributed by atoms with Gasteiger partial charge in [0.15, 0.2) is 0 Å². The zero-order valence-electron chi connectivity index (χ0n) is 12.2. The van der Waals surface area contributed by atoms with Crippen molar-refractivity contribution >= 4 is 22.5 Å². The van der Waals surface area contributed by atoms with Crippen LogP contribution in [-0.2, 0) is 11.3 Å². The second kappa shape index (κ2) is 6.37. The normalized spacial score (nSPS) is 10.6. The smallest absolute Gasteiger partial charge is 0.255 e. The van der Waals surface area contributed by atoms with E-state index in [1.807, 2.05) is 48.5 Å². The Morgan fingerprint density at radius 1 is 1.14 bits per heavy atom. The van der Waals surface area contributed by atoms with Crippen molar-refractivity contribution in [2.75, 3.05) is 12.4 Å². The Hall–Kier alpha value is -2.72. The molecule has 0 aliphatic rings. The maximum absolute atomic E-state index is 12.3. The Bertz CT molecular complexity index is 815. The topological polar surface area (TPSA) is 51.2 Å². The van der Waals surface area contributed by atoms with Crippen molar-refractivity contribution in [3.63, 3.8) is 0 Å². The molecule has 110 valence electrons. The molecule has 1 amide bonds. The van der Waals surface area contributed by atoms with Crippen molar-refractivity contribution in [2.24, 2.45) is 0 Å². The molecule has 0 spiro atoms. The number of anilines is 1. The fourth-order valence-corrected chi connectivity index (χ4v) is 2.31. The van der Waals surface area contributed by atoms with Gasteiger partial charge in [0.05, 0.1) is 24.0 Å². The molecule has 0 aliphatic heterocycles. The number of hydrogen-bond acceptors (Lipinski definition) is 3. The number of nitrogens with one attached hydrogen (secondary N) is 1. The Morgan fingerprint density at radius 3 is 2.86 bits per heavy atom. The lowest BCUT2D eigenvalue weighted by Gasteiger charge is -2.07. The van der Waals surface area contributed by atoms with Gasteiger partial charge in [-0.1, -0.05) is 30.3 Å². The van der Waals surface area contributed by atoms with Gasteiger partial charge in [-0.2, -0.15) is 0 Å². The minimum absolute atomic E-state index is 0.157. The van der Waals surface area contributed by atoms with Crippen LogP contribution in [0.15, 0.2) is 60.8 Å². The van der Waals surface area contributed by atoms with E-state index in [4.69, 9.17) is 4.74 Å². The molecule has 0 bridgehead atoms. The fraction of sp³-hybridized carbons (Fsp3) is 0.111. The highest BCUT2D eigenvalue weighted by atomic mass is 16.5. The third kappa shape index (κ3) is 3.13. The number of hydrogen-bond donors (Lipinski definition) is 1. The molecule has 3 aromatic rings. The van der Waals surface area contributed by atoms with Gasteiger partial charge in [-0.05, 0) is 29.8 Å². The van der Waals surface area contributed by atoms with Crippen molar-refractivity contribution in [1.29, 1.82) is 0 Å². The number of fused-ring (bicyclic) bond motifs is 1. The predicted molar refractivity (Wildman–Crippen MR) is 86.9 cm³/mol. The highest BCUT2D eigenvalue weighted by Crippen LogP contribution is 2.17. The van der Waals surface area contributed by atoms with E-state index in [1.54, 1.807) is 19.4 Å². The second-order valence-corrected chi connectivity index (χ2v) is 5.00. The summed E-state index contributed by atoms with van der Waals surface area (Å²) < 4.78 is 5.09. The molecule has 4 nitrogen and oxygen atoms in total. The third-order valence-electron chi connectivity index (χ3n) is 3.35. The van der Waals surface area contributed by atoms with Crippen LogP contribution in [0.25, 0.3) is 10.9 Å². The number of amides is 1. The van der Waals surface area contributed by atoms with Gasteiger partial charge in [0.25, 0.3) is 5.91 Å². The molecule has 0 atom stereocenters. The average Bonchev–Trinajstić information content (AvgIpc) is 2.55. The van der Waals surface area contributed by atoms with Crippen LogP contribution in [-0.4, -0.2) is 18.0 Å². The molecule has 0 aliphatic carbocycles. The van der Waals surface area contributed by atoms with E-state index in [9.17, 15) is 4.79 Å². The molecule has 0 fully saturated rings. The van der Waals surface area contributed by atoms with Crippen LogP contribution in [0.2, 0.25) is 0 Å². The summed E-state index contributed by atoms with van der Waals surface area (Å²) >= 11 is 0. The summed E-state index contributed by atoms with van der Waals surface area (Å²) in [5.74, 6) is -0.157. The number of carbonyl (C=O) groups excluding carboxylic acids is 1. The van der Waals surface area contributed by atoms with Crippen molar-refractivity contribution in [3.05, 3.63) is 71.9 Å². The zero-order valence-corrected chi connectivity index (χ0v) is 12.2. The molecule has 1 heterocycles. The predicted octanol–water partition coefficient (Wildman–Crippen LogP) is 3.63. The van der Waals surface area contributed by atoms with Crippen LogP contribution in [0.1, 0.15) is 15.9 Å². The summed E-state index contributed by atoms with van der Waals surface area (Å²) in [5, 5.41) is 3.87. The van der Waals surface area contributed by atoms with E-state index < -0.39 is 0 Å². The molecule has 0 saturated heterocycles. The summed E-state index contributed by atoms with van der Waals surface area (Å²) in [6, 6.07) is 17.1. The van der Waals surface area contributed by atoms with Crippen LogP contribution in [0, 0.1) is 0 Å². The molecule has 0 unspecified atom stereocenters. The van der Waals surface area contributed by atoms with Crippen molar-refractivity contribution in [1.82, 2.24) is 4.98 Å². The molecule has 4 heteroatoms. The van der Waals surface area contributed by atoms with Gasteiger partial charge >= 0.3 is 0 Å². The lowest BCUT2D eigenvalue weighted by Crippen LogP contribution is -2.12. The summed E-state index contributed by atoms with van der Waals surface area (Å²) in [5.41, 5.74) is 3.15. The van der Waals surface area contributed by atoms with Gasteiger partial charge in [-0.15, -0.1) is 0 Å². The number of benzene rings is 2. The van der Waals surface area contributed by atoms with E-state index in [2.05, 4.69) is 10.3 Å². The number of rotatable bonds is 4. The molecule has 1 aromatic heterocycles. The Balaban J connectivity index is 1.81. The average molecular weight is 292 g/mol. The molecule has 2 aromatic carbocycles.